The van der Waals surface area contributed by atoms with E-state index in [2.05, 4.69) is 15.2 Å². The van der Waals surface area contributed by atoms with Crippen molar-refractivity contribution >= 4 is 41.5 Å². The van der Waals surface area contributed by atoms with E-state index in [1.807, 2.05) is 30.3 Å². The Morgan fingerprint density at radius 1 is 1.09 bits per heavy atom. The number of hydrogen-bond acceptors (Lipinski definition) is 3. The number of nitrogens with one attached hydrogen (secondary N) is 1. The van der Waals surface area contributed by atoms with Crippen molar-refractivity contribution in [3.63, 3.8) is 0 Å². The molecular formula is C17H21Cl2N3O. The van der Waals surface area contributed by atoms with Gasteiger partial charge in [0.05, 0.1) is 0 Å². The maximum absolute atomic E-state index is 13.1. The van der Waals surface area contributed by atoms with E-state index >= 15 is 0 Å². The van der Waals surface area contributed by atoms with Gasteiger partial charge in [0.2, 0.25) is 0 Å². The maximum Gasteiger partial charge on any atom is 0.273 e. The van der Waals surface area contributed by atoms with E-state index in [9.17, 15) is 4.79 Å². The molecule has 2 fully saturated rings. The fraction of sp³-hybridized carbons (Fsp3) is 0.412. The van der Waals surface area contributed by atoms with Crippen molar-refractivity contribution in [1.29, 1.82) is 0 Å². The molecule has 2 saturated heterocycles. The van der Waals surface area contributed by atoms with Crippen LogP contribution in [0.3, 0.4) is 0 Å². The van der Waals surface area contributed by atoms with Crippen LogP contribution in [-0.2, 0) is 0 Å². The molecule has 0 saturated carbocycles. The number of rotatable bonds is 1. The van der Waals surface area contributed by atoms with Gasteiger partial charge in [-0.15, -0.1) is 24.8 Å². The van der Waals surface area contributed by atoms with Crippen molar-refractivity contribution in [2.75, 3.05) is 13.1 Å². The third-order valence-electron chi connectivity index (χ3n) is 4.76. The van der Waals surface area contributed by atoms with Crippen molar-refractivity contribution < 1.29 is 4.79 Å². The van der Waals surface area contributed by atoms with Crippen molar-refractivity contribution in [3.8, 4) is 0 Å². The zero-order chi connectivity index (χ0) is 14.2. The summed E-state index contributed by atoms with van der Waals surface area (Å²) in [4.78, 5) is 19.6. The number of nitrogens with zero attached hydrogens (tertiary/aromatic N) is 2. The van der Waals surface area contributed by atoms with Crippen LogP contribution in [0.25, 0.3) is 10.8 Å². The lowest BCUT2D eigenvalue weighted by Crippen LogP contribution is -2.42. The van der Waals surface area contributed by atoms with E-state index in [4.69, 9.17) is 0 Å². The Morgan fingerprint density at radius 2 is 1.87 bits per heavy atom. The Balaban J connectivity index is 0.000000960. The molecule has 1 aromatic heterocycles. The Morgan fingerprint density at radius 3 is 2.74 bits per heavy atom. The molecule has 2 unspecified atom stereocenters. The van der Waals surface area contributed by atoms with E-state index in [1.54, 1.807) is 6.20 Å². The molecule has 6 heteroatoms. The summed E-state index contributed by atoms with van der Waals surface area (Å²) in [6, 6.07) is 10.7. The molecule has 0 spiro atoms. The molecule has 1 aromatic carbocycles. The first kappa shape index (κ1) is 18.0. The lowest BCUT2D eigenvalue weighted by molar-refractivity contribution is 0.0676. The van der Waals surface area contributed by atoms with Crippen LogP contribution in [0.15, 0.2) is 36.5 Å². The van der Waals surface area contributed by atoms with Crippen LogP contribution in [0, 0.1) is 0 Å². The highest BCUT2D eigenvalue weighted by atomic mass is 35.5. The third kappa shape index (κ3) is 3.16. The molecular weight excluding hydrogens is 333 g/mol. The molecule has 0 aliphatic carbocycles. The van der Waals surface area contributed by atoms with Crippen molar-refractivity contribution in [2.24, 2.45) is 0 Å². The van der Waals surface area contributed by atoms with Crippen LogP contribution in [-0.4, -0.2) is 41.0 Å². The summed E-state index contributed by atoms with van der Waals surface area (Å²) >= 11 is 0. The molecule has 2 atom stereocenters. The molecule has 2 aliphatic heterocycles. The number of carbonyl (C=O) groups excluding carboxylic acids is 1. The highest BCUT2D eigenvalue weighted by Gasteiger charge is 2.39. The second-order valence-electron chi connectivity index (χ2n) is 5.97. The van der Waals surface area contributed by atoms with Gasteiger partial charge in [0.15, 0.2) is 0 Å². The lowest BCUT2D eigenvalue weighted by atomic mass is 10.1. The van der Waals surface area contributed by atoms with Crippen LogP contribution in [0.2, 0.25) is 0 Å². The first-order valence-electron chi connectivity index (χ1n) is 7.72. The largest absolute Gasteiger partial charge is 0.330 e. The normalized spacial score (nSPS) is 22.9. The van der Waals surface area contributed by atoms with Gasteiger partial charge in [-0.3, -0.25) is 9.78 Å². The molecule has 4 rings (SSSR count). The Hall–Kier alpha value is -1.36. The van der Waals surface area contributed by atoms with Crippen LogP contribution in [0.4, 0.5) is 0 Å². The summed E-state index contributed by atoms with van der Waals surface area (Å²) in [5.41, 5.74) is 0.604. The minimum absolute atomic E-state index is 0. The Labute approximate surface area is 148 Å². The molecule has 3 heterocycles. The van der Waals surface area contributed by atoms with Gasteiger partial charge in [-0.25, -0.2) is 0 Å². The Bertz CT molecular complexity index is 675. The van der Waals surface area contributed by atoms with Gasteiger partial charge in [-0.05, 0) is 37.3 Å². The van der Waals surface area contributed by atoms with Crippen LogP contribution >= 0.6 is 24.8 Å². The maximum atomic E-state index is 13.1. The average Bonchev–Trinajstić information content (AvgIpc) is 2.79. The number of pyridine rings is 1. The second kappa shape index (κ2) is 7.47. The first-order valence-corrected chi connectivity index (χ1v) is 7.72. The van der Waals surface area contributed by atoms with Gasteiger partial charge in [-0.2, -0.15) is 0 Å². The summed E-state index contributed by atoms with van der Waals surface area (Å²) in [5.74, 6) is 0.100. The molecule has 4 nitrogen and oxygen atoms in total. The standard InChI is InChI=1S/C17H19N3O.2ClH/c21-17(20-13-5-6-14(20)11-18-9-8-13)16-15-4-2-1-3-12(15)7-10-19-16;;/h1-4,7,10,13-14,18H,5-6,8-9,11H2;2*1H. The zero-order valence-corrected chi connectivity index (χ0v) is 14.4. The molecule has 2 aliphatic rings. The number of halogens is 2. The summed E-state index contributed by atoms with van der Waals surface area (Å²) in [6.45, 7) is 1.92. The van der Waals surface area contributed by atoms with Crippen LogP contribution < -0.4 is 5.32 Å². The van der Waals surface area contributed by atoms with Crippen LogP contribution in [0.5, 0.6) is 0 Å². The summed E-state index contributed by atoms with van der Waals surface area (Å²) in [6.07, 6.45) is 5.03. The number of carbonyl (C=O) groups is 1. The fourth-order valence-corrected chi connectivity index (χ4v) is 3.73. The smallest absolute Gasteiger partial charge is 0.273 e. The van der Waals surface area contributed by atoms with E-state index in [-0.39, 0.29) is 30.7 Å². The summed E-state index contributed by atoms with van der Waals surface area (Å²) in [5, 5.41) is 5.48. The quantitative estimate of drug-likeness (QED) is 0.856. The minimum Gasteiger partial charge on any atom is -0.330 e. The fourth-order valence-electron chi connectivity index (χ4n) is 3.73. The topological polar surface area (TPSA) is 45.2 Å². The van der Waals surface area contributed by atoms with Crippen molar-refractivity contribution in [1.82, 2.24) is 15.2 Å². The number of hydrogen-bond donors (Lipinski definition) is 1. The second-order valence-corrected chi connectivity index (χ2v) is 5.97. The Kier molecular flexibility index (Phi) is 5.84. The summed E-state index contributed by atoms with van der Waals surface area (Å²) in [7, 11) is 0. The monoisotopic (exact) mass is 353 g/mol. The molecule has 2 aromatic rings. The predicted octanol–water partition coefficient (Wildman–Crippen LogP) is 3.04. The molecule has 2 bridgehead atoms. The third-order valence-corrected chi connectivity index (χ3v) is 4.76. The highest BCUT2D eigenvalue weighted by Crippen LogP contribution is 2.30. The van der Waals surface area contributed by atoms with Gasteiger partial charge in [0, 0.05) is 30.2 Å². The van der Waals surface area contributed by atoms with Gasteiger partial charge < -0.3 is 10.2 Å². The lowest BCUT2D eigenvalue weighted by Gasteiger charge is -2.27. The SMILES string of the molecule is Cl.Cl.O=C(c1nccc2ccccc12)N1C2CCNCC1CC2. The predicted molar refractivity (Wildman–Crippen MR) is 96.7 cm³/mol. The number of fused-ring (bicyclic) bond motifs is 3. The van der Waals surface area contributed by atoms with Gasteiger partial charge in [0.25, 0.3) is 5.91 Å². The van der Waals surface area contributed by atoms with E-state index in [1.165, 1.54) is 0 Å². The molecule has 1 N–H and O–H groups in total. The molecule has 0 radical (unpaired) electrons. The first-order chi connectivity index (χ1) is 10.3. The number of amides is 1. The number of benzene rings is 1. The van der Waals surface area contributed by atoms with Gasteiger partial charge in [0.1, 0.15) is 5.69 Å². The zero-order valence-electron chi connectivity index (χ0n) is 12.8. The highest BCUT2D eigenvalue weighted by molar-refractivity contribution is 6.05. The molecule has 23 heavy (non-hydrogen) atoms. The van der Waals surface area contributed by atoms with E-state index in [0.717, 1.165) is 43.1 Å². The van der Waals surface area contributed by atoms with Crippen molar-refractivity contribution in [2.45, 2.75) is 31.3 Å². The van der Waals surface area contributed by atoms with E-state index < -0.39 is 0 Å². The van der Waals surface area contributed by atoms with Gasteiger partial charge >= 0.3 is 0 Å². The van der Waals surface area contributed by atoms with Gasteiger partial charge in [-0.1, -0.05) is 24.3 Å². The summed E-state index contributed by atoms with van der Waals surface area (Å²) < 4.78 is 0. The van der Waals surface area contributed by atoms with Crippen LogP contribution in [0.1, 0.15) is 29.8 Å². The molecule has 1 amide bonds. The average molecular weight is 354 g/mol. The molecule has 124 valence electrons. The minimum atomic E-state index is 0. The number of aromatic nitrogens is 1. The van der Waals surface area contributed by atoms with Crippen molar-refractivity contribution in [3.05, 3.63) is 42.2 Å². The van der Waals surface area contributed by atoms with E-state index in [0.29, 0.717) is 17.8 Å².